The fraction of sp³-hybridized carbons (Fsp3) is 0.0625. The maximum atomic E-state index is 8.15. The van der Waals surface area contributed by atoms with Crippen LogP contribution >= 0.6 is 46.9 Å². The zero-order valence-electron chi connectivity index (χ0n) is 11.6. The first kappa shape index (κ1) is 17.1. The number of hydrogen-bond acceptors (Lipinski definition) is 2. The average molecular weight is 372 g/mol. The molecule has 0 saturated carbocycles. The molecule has 0 unspecified atom stereocenters. The second-order valence-electron chi connectivity index (χ2n) is 4.70. The van der Waals surface area contributed by atoms with Crippen LogP contribution in [-0.4, -0.2) is 4.57 Å². The van der Waals surface area contributed by atoms with Crippen LogP contribution in [0.25, 0.3) is 16.9 Å². The zero-order chi connectivity index (χ0) is 15.0. The average Bonchev–Trinajstić information content (AvgIpc) is 2.85. The highest BCUT2D eigenvalue weighted by Gasteiger charge is 2.10. The van der Waals surface area contributed by atoms with Crippen LogP contribution in [0.2, 0.25) is 10.0 Å². The van der Waals surface area contributed by atoms with Gasteiger partial charge in [-0.3, -0.25) is 9.98 Å². The summed E-state index contributed by atoms with van der Waals surface area (Å²) in [5.41, 5.74) is 3.97. The molecule has 0 saturated heterocycles. The molecular formula is C16H13Cl3N2S. The minimum atomic E-state index is 0. The molecule has 0 fully saturated rings. The topological polar surface area (TPSA) is 28.8 Å². The molecule has 0 aliphatic carbocycles. The molecule has 3 rings (SSSR count). The fourth-order valence-electron chi connectivity index (χ4n) is 2.17. The Balaban J connectivity index is 0.00000176. The second kappa shape index (κ2) is 6.88. The number of aryl methyl sites for hydroxylation is 1. The van der Waals surface area contributed by atoms with E-state index < -0.39 is 0 Å². The summed E-state index contributed by atoms with van der Waals surface area (Å²) in [6.07, 6.45) is 0. The lowest BCUT2D eigenvalue weighted by atomic mass is 10.1. The van der Waals surface area contributed by atoms with Crippen LogP contribution in [0.5, 0.6) is 0 Å². The van der Waals surface area contributed by atoms with Crippen LogP contribution in [0.15, 0.2) is 47.8 Å². The van der Waals surface area contributed by atoms with Crippen LogP contribution in [0, 0.1) is 12.3 Å². The Morgan fingerprint density at radius 2 is 1.73 bits per heavy atom. The van der Waals surface area contributed by atoms with Crippen molar-refractivity contribution >= 4 is 46.9 Å². The van der Waals surface area contributed by atoms with E-state index in [2.05, 4.69) is 0 Å². The Bertz CT molecular complexity index is 851. The van der Waals surface area contributed by atoms with E-state index in [0.717, 1.165) is 27.5 Å². The van der Waals surface area contributed by atoms with Gasteiger partial charge < -0.3 is 0 Å². The van der Waals surface area contributed by atoms with Crippen LogP contribution in [0.1, 0.15) is 5.56 Å². The van der Waals surface area contributed by atoms with Crippen LogP contribution in [0.4, 0.5) is 0 Å². The van der Waals surface area contributed by atoms with Gasteiger partial charge in [-0.05, 0) is 54.4 Å². The van der Waals surface area contributed by atoms with E-state index in [1.54, 1.807) is 0 Å². The fourth-order valence-corrected chi connectivity index (χ4v) is 3.19. The van der Waals surface area contributed by atoms with Gasteiger partial charge in [-0.1, -0.05) is 29.3 Å². The Morgan fingerprint density at radius 3 is 2.36 bits per heavy atom. The van der Waals surface area contributed by atoms with E-state index in [0.29, 0.717) is 9.82 Å². The third-order valence-corrected chi connectivity index (χ3v) is 4.69. The van der Waals surface area contributed by atoms with Gasteiger partial charge in [0.15, 0.2) is 4.80 Å². The Labute approximate surface area is 148 Å². The van der Waals surface area contributed by atoms with Gasteiger partial charge in [0.2, 0.25) is 0 Å². The Kier molecular flexibility index (Phi) is 5.35. The van der Waals surface area contributed by atoms with E-state index in [4.69, 9.17) is 28.6 Å². The molecule has 0 bridgehead atoms. The smallest absolute Gasteiger partial charge is 0.187 e. The van der Waals surface area contributed by atoms with Gasteiger partial charge >= 0.3 is 0 Å². The maximum absolute atomic E-state index is 8.15. The second-order valence-corrected chi connectivity index (χ2v) is 6.40. The van der Waals surface area contributed by atoms with Crippen molar-refractivity contribution in [2.24, 2.45) is 0 Å². The molecule has 0 atom stereocenters. The molecular weight excluding hydrogens is 359 g/mol. The zero-order valence-corrected chi connectivity index (χ0v) is 14.8. The normalized spacial score (nSPS) is 10.3. The molecule has 1 N–H and O–H groups in total. The molecule has 3 aromatic rings. The number of benzene rings is 2. The molecule has 1 aromatic heterocycles. The van der Waals surface area contributed by atoms with Crippen molar-refractivity contribution in [1.82, 2.24) is 4.57 Å². The standard InChI is InChI=1S/C16H12Cl2N2S.ClH/c1-10-8-11(2-7-14(10)18)15-9-21-16(19)20(15)13-5-3-12(17)4-6-13;/h2-9,19H,1H3;1H. The van der Waals surface area contributed by atoms with E-state index >= 15 is 0 Å². The summed E-state index contributed by atoms with van der Waals surface area (Å²) in [7, 11) is 0. The van der Waals surface area contributed by atoms with Gasteiger partial charge in [-0.2, -0.15) is 0 Å². The quantitative estimate of drug-likeness (QED) is 0.596. The number of halogens is 3. The molecule has 1 heterocycles. The molecule has 0 spiro atoms. The summed E-state index contributed by atoms with van der Waals surface area (Å²) in [6.45, 7) is 1.98. The van der Waals surface area contributed by atoms with Crippen LogP contribution < -0.4 is 4.80 Å². The Morgan fingerprint density at radius 1 is 1.05 bits per heavy atom. The van der Waals surface area contributed by atoms with Gasteiger partial charge in [-0.15, -0.1) is 23.7 Å². The van der Waals surface area contributed by atoms with E-state index in [1.807, 2.05) is 59.3 Å². The van der Waals surface area contributed by atoms with Gasteiger partial charge in [0, 0.05) is 21.1 Å². The Hall–Kier alpha value is -1.26. The van der Waals surface area contributed by atoms with Crippen molar-refractivity contribution in [1.29, 1.82) is 5.41 Å². The highest BCUT2D eigenvalue weighted by atomic mass is 35.5. The van der Waals surface area contributed by atoms with E-state index in [9.17, 15) is 0 Å². The third kappa shape index (κ3) is 3.23. The SMILES string of the molecule is Cc1cc(-c2csc(=N)n2-c2ccc(Cl)cc2)ccc1Cl.Cl. The first-order valence-electron chi connectivity index (χ1n) is 6.34. The summed E-state index contributed by atoms with van der Waals surface area (Å²) in [4.78, 5) is 0.472. The number of rotatable bonds is 2. The number of nitrogens with zero attached hydrogens (tertiary/aromatic N) is 1. The monoisotopic (exact) mass is 370 g/mol. The lowest BCUT2D eigenvalue weighted by Crippen LogP contribution is -2.11. The third-order valence-electron chi connectivity index (χ3n) is 3.26. The lowest BCUT2D eigenvalue weighted by Gasteiger charge is -2.10. The molecule has 6 heteroatoms. The van der Waals surface area contributed by atoms with Crippen molar-refractivity contribution in [3.8, 4) is 16.9 Å². The molecule has 2 aromatic carbocycles. The molecule has 2 nitrogen and oxygen atoms in total. The minimum Gasteiger partial charge on any atom is -0.286 e. The molecule has 0 radical (unpaired) electrons. The summed E-state index contributed by atoms with van der Waals surface area (Å²) in [5, 5.41) is 11.6. The number of nitrogens with one attached hydrogen (secondary N) is 1. The largest absolute Gasteiger partial charge is 0.286 e. The van der Waals surface area contributed by atoms with Gasteiger partial charge in [0.25, 0.3) is 0 Å². The van der Waals surface area contributed by atoms with Crippen molar-refractivity contribution < 1.29 is 0 Å². The minimum absolute atomic E-state index is 0. The van der Waals surface area contributed by atoms with Crippen molar-refractivity contribution in [3.63, 3.8) is 0 Å². The molecule has 0 aliphatic heterocycles. The summed E-state index contributed by atoms with van der Waals surface area (Å²) < 4.78 is 1.91. The van der Waals surface area contributed by atoms with Crippen LogP contribution in [-0.2, 0) is 0 Å². The maximum Gasteiger partial charge on any atom is 0.187 e. The first-order valence-corrected chi connectivity index (χ1v) is 7.97. The van der Waals surface area contributed by atoms with Crippen molar-refractivity contribution in [2.75, 3.05) is 0 Å². The van der Waals surface area contributed by atoms with E-state index in [1.165, 1.54) is 11.3 Å². The first-order chi connectivity index (χ1) is 10.1. The van der Waals surface area contributed by atoms with E-state index in [-0.39, 0.29) is 12.4 Å². The van der Waals surface area contributed by atoms with Crippen molar-refractivity contribution in [3.05, 3.63) is 68.3 Å². The molecule has 0 amide bonds. The number of thiazole rings is 1. The summed E-state index contributed by atoms with van der Waals surface area (Å²) in [6, 6.07) is 13.4. The predicted octanol–water partition coefficient (Wildman–Crippen LogP) is 5.72. The number of aromatic nitrogens is 1. The highest BCUT2D eigenvalue weighted by molar-refractivity contribution is 7.07. The van der Waals surface area contributed by atoms with Crippen LogP contribution in [0.3, 0.4) is 0 Å². The van der Waals surface area contributed by atoms with Gasteiger partial charge in [-0.25, -0.2) is 0 Å². The summed E-state index contributed by atoms with van der Waals surface area (Å²) >= 11 is 13.4. The van der Waals surface area contributed by atoms with Gasteiger partial charge in [0.1, 0.15) is 0 Å². The molecule has 114 valence electrons. The lowest BCUT2D eigenvalue weighted by molar-refractivity contribution is 0.987. The summed E-state index contributed by atoms with van der Waals surface area (Å²) in [5.74, 6) is 0. The molecule has 0 aliphatic rings. The van der Waals surface area contributed by atoms with Gasteiger partial charge in [0.05, 0.1) is 5.69 Å². The molecule has 22 heavy (non-hydrogen) atoms. The number of hydrogen-bond donors (Lipinski definition) is 1. The van der Waals surface area contributed by atoms with Crippen molar-refractivity contribution in [2.45, 2.75) is 6.92 Å². The predicted molar refractivity (Wildman–Crippen MR) is 96.9 cm³/mol. The highest BCUT2D eigenvalue weighted by Crippen LogP contribution is 2.27.